The molecule has 2 aliphatic carbocycles. The van der Waals surface area contributed by atoms with Gasteiger partial charge in [0.25, 0.3) is 0 Å². The van der Waals surface area contributed by atoms with E-state index < -0.39 is 0 Å². The Labute approximate surface area is 111 Å². The number of rotatable bonds is 4. The minimum atomic E-state index is 0.543. The largest absolute Gasteiger partial charge is 0.493 e. The Morgan fingerprint density at radius 1 is 1.17 bits per heavy atom. The van der Waals surface area contributed by atoms with Crippen LogP contribution in [0.3, 0.4) is 0 Å². The fourth-order valence-corrected chi connectivity index (χ4v) is 3.87. The molecule has 1 aromatic rings. The number of para-hydroxylation sites is 1. The average Bonchev–Trinajstić information content (AvgIpc) is 2.98. The summed E-state index contributed by atoms with van der Waals surface area (Å²) in [6.07, 6.45) is 5.81. The molecule has 2 aliphatic rings. The van der Waals surface area contributed by atoms with Crippen molar-refractivity contribution in [2.24, 2.45) is 17.8 Å². The van der Waals surface area contributed by atoms with Gasteiger partial charge in [0.2, 0.25) is 0 Å². The molecule has 0 saturated heterocycles. The normalized spacial score (nSPS) is 30.1. The number of ether oxygens (including phenoxy) is 1. The average molecular weight is 244 g/mol. The van der Waals surface area contributed by atoms with E-state index in [0.717, 1.165) is 30.1 Å². The van der Waals surface area contributed by atoms with Gasteiger partial charge < -0.3 is 4.74 Å². The van der Waals surface area contributed by atoms with Crippen molar-refractivity contribution in [2.45, 2.75) is 45.4 Å². The summed E-state index contributed by atoms with van der Waals surface area (Å²) < 4.78 is 6.14. The zero-order chi connectivity index (χ0) is 12.5. The Morgan fingerprint density at radius 3 is 2.67 bits per heavy atom. The third-order valence-electron chi connectivity index (χ3n) is 4.88. The van der Waals surface area contributed by atoms with Crippen LogP contribution < -0.4 is 4.74 Å². The van der Waals surface area contributed by atoms with Crippen molar-refractivity contribution in [3.63, 3.8) is 0 Å². The second kappa shape index (κ2) is 4.95. The molecule has 98 valence electrons. The van der Waals surface area contributed by atoms with Gasteiger partial charge in [-0.1, -0.05) is 38.5 Å². The van der Waals surface area contributed by atoms with E-state index in [1.54, 1.807) is 0 Å². The third kappa shape index (κ3) is 2.28. The lowest BCUT2D eigenvalue weighted by atomic mass is 9.89. The maximum Gasteiger partial charge on any atom is 0.122 e. The molecule has 3 atom stereocenters. The predicted molar refractivity (Wildman–Crippen MR) is 75.0 cm³/mol. The van der Waals surface area contributed by atoms with Gasteiger partial charge in [-0.3, -0.25) is 0 Å². The molecule has 2 saturated carbocycles. The number of hydrogen-bond acceptors (Lipinski definition) is 1. The van der Waals surface area contributed by atoms with E-state index in [1.807, 2.05) is 0 Å². The molecular formula is C17H24O. The molecule has 2 fully saturated rings. The van der Waals surface area contributed by atoms with Crippen LogP contribution in [0.2, 0.25) is 0 Å². The summed E-state index contributed by atoms with van der Waals surface area (Å²) in [5.74, 6) is 4.45. The van der Waals surface area contributed by atoms with Crippen LogP contribution in [0.15, 0.2) is 24.3 Å². The monoisotopic (exact) mass is 244 g/mol. The van der Waals surface area contributed by atoms with Gasteiger partial charge in [-0.2, -0.15) is 0 Å². The van der Waals surface area contributed by atoms with Crippen LogP contribution in [0.1, 0.15) is 51.0 Å². The minimum absolute atomic E-state index is 0.543. The van der Waals surface area contributed by atoms with Gasteiger partial charge in [0.15, 0.2) is 0 Å². The highest BCUT2D eigenvalue weighted by molar-refractivity contribution is 5.35. The Morgan fingerprint density at radius 2 is 2.00 bits per heavy atom. The Balaban J connectivity index is 1.63. The first-order chi connectivity index (χ1) is 8.74. The van der Waals surface area contributed by atoms with Gasteiger partial charge in [0.1, 0.15) is 5.75 Å². The fourth-order valence-electron chi connectivity index (χ4n) is 3.87. The molecule has 0 aromatic heterocycles. The summed E-state index contributed by atoms with van der Waals surface area (Å²) in [5, 5.41) is 0. The smallest absolute Gasteiger partial charge is 0.122 e. The molecule has 0 N–H and O–H groups in total. The van der Waals surface area contributed by atoms with Crippen molar-refractivity contribution in [3.05, 3.63) is 29.8 Å². The molecule has 3 rings (SSSR count). The van der Waals surface area contributed by atoms with E-state index in [2.05, 4.69) is 38.1 Å². The maximum atomic E-state index is 6.14. The zero-order valence-electron chi connectivity index (χ0n) is 11.6. The SMILES string of the molecule is CC(C)c1ccccc1OCC1CC2CCC1C2. The number of benzene rings is 1. The molecule has 2 bridgehead atoms. The number of hydrogen-bond donors (Lipinski definition) is 0. The fraction of sp³-hybridized carbons (Fsp3) is 0.647. The summed E-state index contributed by atoms with van der Waals surface area (Å²) >= 11 is 0. The lowest BCUT2D eigenvalue weighted by Crippen LogP contribution is -2.19. The summed E-state index contributed by atoms with van der Waals surface area (Å²) in [6, 6.07) is 8.52. The van der Waals surface area contributed by atoms with Crippen LogP contribution in [0, 0.1) is 17.8 Å². The lowest BCUT2D eigenvalue weighted by Gasteiger charge is -2.23. The van der Waals surface area contributed by atoms with E-state index in [4.69, 9.17) is 4.74 Å². The molecule has 0 radical (unpaired) electrons. The molecule has 3 unspecified atom stereocenters. The summed E-state index contributed by atoms with van der Waals surface area (Å²) in [7, 11) is 0. The predicted octanol–water partition coefficient (Wildman–Crippen LogP) is 4.63. The zero-order valence-corrected chi connectivity index (χ0v) is 11.6. The van der Waals surface area contributed by atoms with E-state index in [-0.39, 0.29) is 0 Å². The topological polar surface area (TPSA) is 9.23 Å². The third-order valence-corrected chi connectivity index (χ3v) is 4.88. The van der Waals surface area contributed by atoms with Gasteiger partial charge in [0.05, 0.1) is 6.61 Å². The Kier molecular flexibility index (Phi) is 3.32. The lowest BCUT2D eigenvalue weighted by molar-refractivity contribution is 0.193. The van der Waals surface area contributed by atoms with Crippen LogP contribution in [-0.2, 0) is 0 Å². The van der Waals surface area contributed by atoms with Crippen molar-refractivity contribution < 1.29 is 4.74 Å². The highest BCUT2D eigenvalue weighted by Crippen LogP contribution is 2.48. The second-order valence-corrected chi connectivity index (χ2v) is 6.44. The van der Waals surface area contributed by atoms with Gasteiger partial charge in [-0.05, 0) is 54.6 Å². The van der Waals surface area contributed by atoms with Crippen LogP contribution in [0.25, 0.3) is 0 Å². The second-order valence-electron chi connectivity index (χ2n) is 6.44. The quantitative estimate of drug-likeness (QED) is 0.750. The van der Waals surface area contributed by atoms with Crippen molar-refractivity contribution in [1.82, 2.24) is 0 Å². The highest BCUT2D eigenvalue weighted by Gasteiger charge is 2.39. The molecule has 0 amide bonds. The molecule has 1 heteroatoms. The first-order valence-electron chi connectivity index (χ1n) is 7.45. The van der Waals surface area contributed by atoms with Gasteiger partial charge in [0, 0.05) is 0 Å². The number of fused-ring (bicyclic) bond motifs is 2. The van der Waals surface area contributed by atoms with E-state index in [1.165, 1.54) is 31.2 Å². The summed E-state index contributed by atoms with van der Waals surface area (Å²) in [5.41, 5.74) is 1.35. The van der Waals surface area contributed by atoms with Gasteiger partial charge in [-0.15, -0.1) is 0 Å². The standard InChI is InChI=1S/C17H24O/c1-12(2)16-5-3-4-6-17(16)18-11-15-10-13-7-8-14(15)9-13/h3-6,12-15H,7-11H2,1-2H3. The summed E-state index contributed by atoms with van der Waals surface area (Å²) in [6.45, 7) is 5.41. The molecule has 1 aromatic carbocycles. The molecular weight excluding hydrogens is 220 g/mol. The molecule has 0 heterocycles. The molecule has 0 spiro atoms. The van der Waals surface area contributed by atoms with Gasteiger partial charge >= 0.3 is 0 Å². The van der Waals surface area contributed by atoms with Crippen molar-refractivity contribution >= 4 is 0 Å². The summed E-state index contributed by atoms with van der Waals surface area (Å²) in [4.78, 5) is 0. The Bertz CT molecular complexity index is 410. The minimum Gasteiger partial charge on any atom is -0.493 e. The van der Waals surface area contributed by atoms with Gasteiger partial charge in [-0.25, -0.2) is 0 Å². The van der Waals surface area contributed by atoms with Crippen molar-refractivity contribution in [3.8, 4) is 5.75 Å². The first kappa shape index (κ1) is 12.1. The molecule has 0 aliphatic heterocycles. The maximum absolute atomic E-state index is 6.14. The molecule has 1 nitrogen and oxygen atoms in total. The van der Waals surface area contributed by atoms with Crippen LogP contribution >= 0.6 is 0 Å². The van der Waals surface area contributed by atoms with Crippen molar-refractivity contribution in [2.75, 3.05) is 6.61 Å². The first-order valence-corrected chi connectivity index (χ1v) is 7.45. The van der Waals surface area contributed by atoms with Crippen LogP contribution in [-0.4, -0.2) is 6.61 Å². The van der Waals surface area contributed by atoms with E-state index in [9.17, 15) is 0 Å². The van der Waals surface area contributed by atoms with Crippen LogP contribution in [0.4, 0.5) is 0 Å². The van der Waals surface area contributed by atoms with E-state index >= 15 is 0 Å². The van der Waals surface area contributed by atoms with Crippen molar-refractivity contribution in [1.29, 1.82) is 0 Å². The molecule has 18 heavy (non-hydrogen) atoms. The Hall–Kier alpha value is -0.980. The van der Waals surface area contributed by atoms with E-state index in [0.29, 0.717) is 5.92 Å². The van der Waals surface area contributed by atoms with Crippen LogP contribution in [0.5, 0.6) is 5.75 Å². The highest BCUT2D eigenvalue weighted by atomic mass is 16.5.